The maximum Gasteiger partial charge on any atom is 0.157 e. The molecule has 1 aromatic carbocycles. The summed E-state index contributed by atoms with van der Waals surface area (Å²) in [5.41, 5.74) is 3.02. The molecule has 20 heavy (non-hydrogen) atoms. The summed E-state index contributed by atoms with van der Waals surface area (Å²) < 4.78 is 1.76. The van der Waals surface area contributed by atoms with Crippen molar-refractivity contribution in [3.8, 4) is 16.9 Å². The fourth-order valence-electron chi connectivity index (χ4n) is 2.05. The molecule has 0 saturated heterocycles. The van der Waals surface area contributed by atoms with Gasteiger partial charge in [0.05, 0.1) is 6.20 Å². The molecule has 4 nitrogen and oxygen atoms in total. The first-order valence-corrected chi connectivity index (χ1v) is 6.63. The van der Waals surface area contributed by atoms with E-state index < -0.39 is 0 Å². The quantitative estimate of drug-likeness (QED) is 0.722. The highest BCUT2D eigenvalue weighted by Gasteiger charge is 2.06. The van der Waals surface area contributed by atoms with Crippen LogP contribution in [0.3, 0.4) is 0 Å². The fraction of sp³-hybridized carbons (Fsp3) is 0.133. The van der Waals surface area contributed by atoms with Crippen molar-refractivity contribution in [1.82, 2.24) is 19.7 Å². The Kier molecular flexibility index (Phi) is 3.24. The van der Waals surface area contributed by atoms with Crippen LogP contribution in [-0.4, -0.2) is 19.7 Å². The number of hydrogen-bond acceptors (Lipinski definition) is 3. The van der Waals surface area contributed by atoms with Gasteiger partial charge in [-0.25, -0.2) is 14.6 Å². The molecule has 0 spiro atoms. The van der Waals surface area contributed by atoms with Gasteiger partial charge in [0.15, 0.2) is 5.82 Å². The van der Waals surface area contributed by atoms with E-state index in [0.717, 1.165) is 33.5 Å². The Labute approximate surface area is 122 Å². The van der Waals surface area contributed by atoms with Crippen molar-refractivity contribution in [3.05, 3.63) is 59.3 Å². The van der Waals surface area contributed by atoms with Crippen LogP contribution in [0.4, 0.5) is 0 Å². The van der Waals surface area contributed by atoms with Crippen molar-refractivity contribution in [2.75, 3.05) is 0 Å². The summed E-state index contributed by atoms with van der Waals surface area (Å²) in [7, 11) is 0. The van der Waals surface area contributed by atoms with E-state index in [-0.39, 0.29) is 0 Å². The molecule has 0 aliphatic rings. The summed E-state index contributed by atoms with van der Waals surface area (Å²) in [6, 6.07) is 9.59. The molecule has 0 N–H and O–H groups in total. The highest BCUT2D eigenvalue weighted by atomic mass is 35.5. The molecular weight excluding hydrogens is 272 g/mol. The summed E-state index contributed by atoms with van der Waals surface area (Å²) in [4.78, 5) is 8.66. The van der Waals surface area contributed by atoms with E-state index in [9.17, 15) is 0 Å². The third kappa shape index (κ3) is 2.56. The van der Waals surface area contributed by atoms with Gasteiger partial charge in [0.1, 0.15) is 5.82 Å². The number of nitrogens with zero attached hydrogens (tertiary/aromatic N) is 4. The van der Waals surface area contributed by atoms with Gasteiger partial charge in [-0.1, -0.05) is 23.7 Å². The smallest absolute Gasteiger partial charge is 0.157 e. The van der Waals surface area contributed by atoms with Crippen molar-refractivity contribution in [2.45, 2.75) is 13.8 Å². The van der Waals surface area contributed by atoms with Crippen LogP contribution in [0.1, 0.15) is 11.5 Å². The maximum atomic E-state index is 5.90. The van der Waals surface area contributed by atoms with Crippen molar-refractivity contribution in [1.29, 1.82) is 0 Å². The van der Waals surface area contributed by atoms with Crippen LogP contribution in [0.5, 0.6) is 0 Å². The first-order chi connectivity index (χ1) is 9.61. The van der Waals surface area contributed by atoms with Crippen LogP contribution in [0, 0.1) is 13.8 Å². The maximum absolute atomic E-state index is 5.90. The van der Waals surface area contributed by atoms with Crippen LogP contribution in [0.2, 0.25) is 5.02 Å². The van der Waals surface area contributed by atoms with Crippen LogP contribution in [0.25, 0.3) is 16.9 Å². The first kappa shape index (κ1) is 12.8. The zero-order valence-electron chi connectivity index (χ0n) is 11.2. The van der Waals surface area contributed by atoms with Crippen LogP contribution < -0.4 is 0 Å². The van der Waals surface area contributed by atoms with Crippen LogP contribution in [0.15, 0.2) is 42.7 Å². The van der Waals surface area contributed by atoms with E-state index in [1.54, 1.807) is 4.68 Å². The molecule has 0 aliphatic carbocycles. The molecule has 2 aromatic heterocycles. The van der Waals surface area contributed by atoms with E-state index in [1.165, 1.54) is 0 Å². The largest absolute Gasteiger partial charge is 0.238 e. The molecule has 3 rings (SSSR count). The molecule has 0 fully saturated rings. The average Bonchev–Trinajstić information content (AvgIpc) is 2.88. The summed E-state index contributed by atoms with van der Waals surface area (Å²) in [6.07, 6.45) is 3.76. The summed E-state index contributed by atoms with van der Waals surface area (Å²) >= 11 is 5.90. The second-order valence-electron chi connectivity index (χ2n) is 4.60. The van der Waals surface area contributed by atoms with E-state index in [1.807, 2.05) is 56.6 Å². The molecule has 0 atom stereocenters. The van der Waals surface area contributed by atoms with E-state index in [2.05, 4.69) is 15.1 Å². The van der Waals surface area contributed by atoms with Gasteiger partial charge in [0.2, 0.25) is 0 Å². The predicted molar refractivity (Wildman–Crippen MR) is 79.1 cm³/mol. The predicted octanol–water partition coefficient (Wildman–Crippen LogP) is 3.60. The number of aryl methyl sites for hydroxylation is 2. The Balaban J connectivity index is 1.99. The molecule has 0 amide bonds. The molecular formula is C15H13ClN4. The normalized spacial score (nSPS) is 10.8. The Morgan fingerprint density at radius 1 is 1.00 bits per heavy atom. The third-order valence-corrected chi connectivity index (χ3v) is 3.20. The lowest BCUT2D eigenvalue weighted by Crippen LogP contribution is -2.02. The van der Waals surface area contributed by atoms with E-state index >= 15 is 0 Å². The molecule has 3 aromatic rings. The van der Waals surface area contributed by atoms with Crippen molar-refractivity contribution in [2.24, 2.45) is 0 Å². The lowest BCUT2D eigenvalue weighted by molar-refractivity contribution is 0.822. The minimum absolute atomic E-state index is 0.725. The van der Waals surface area contributed by atoms with E-state index in [4.69, 9.17) is 11.6 Å². The minimum Gasteiger partial charge on any atom is -0.238 e. The number of benzene rings is 1. The standard InChI is InChI=1S/C15H13ClN4/c1-10-7-15(19-11(2)18-10)20-9-13(8-17-20)12-3-5-14(16)6-4-12/h3-9H,1-2H3. The third-order valence-electron chi connectivity index (χ3n) is 2.95. The van der Waals surface area contributed by atoms with Gasteiger partial charge in [0.25, 0.3) is 0 Å². The zero-order valence-corrected chi connectivity index (χ0v) is 12.0. The average molecular weight is 285 g/mol. The topological polar surface area (TPSA) is 43.6 Å². The highest BCUT2D eigenvalue weighted by molar-refractivity contribution is 6.30. The molecule has 0 radical (unpaired) electrons. The molecule has 2 heterocycles. The molecule has 0 unspecified atom stereocenters. The Bertz CT molecular complexity index is 727. The van der Waals surface area contributed by atoms with Gasteiger partial charge >= 0.3 is 0 Å². The molecule has 0 saturated carbocycles. The van der Waals surface area contributed by atoms with Crippen LogP contribution in [-0.2, 0) is 0 Å². The Hall–Kier alpha value is -2.20. The minimum atomic E-state index is 0.725. The second-order valence-corrected chi connectivity index (χ2v) is 5.03. The summed E-state index contributed by atoms with van der Waals surface area (Å²) in [6.45, 7) is 3.82. The van der Waals surface area contributed by atoms with Crippen molar-refractivity contribution < 1.29 is 0 Å². The first-order valence-electron chi connectivity index (χ1n) is 6.25. The molecule has 0 bridgehead atoms. The zero-order chi connectivity index (χ0) is 14.1. The number of hydrogen-bond donors (Lipinski definition) is 0. The highest BCUT2D eigenvalue weighted by Crippen LogP contribution is 2.21. The lowest BCUT2D eigenvalue weighted by atomic mass is 10.1. The molecule has 0 aliphatic heterocycles. The number of rotatable bonds is 2. The second kappa shape index (κ2) is 5.06. The van der Waals surface area contributed by atoms with Gasteiger partial charge in [0, 0.05) is 28.5 Å². The summed E-state index contributed by atoms with van der Waals surface area (Å²) in [5, 5.41) is 5.09. The molecule has 100 valence electrons. The molecule has 5 heteroatoms. The van der Waals surface area contributed by atoms with Gasteiger partial charge in [-0.05, 0) is 31.5 Å². The Morgan fingerprint density at radius 2 is 1.75 bits per heavy atom. The van der Waals surface area contributed by atoms with Gasteiger partial charge < -0.3 is 0 Å². The van der Waals surface area contributed by atoms with Crippen LogP contribution >= 0.6 is 11.6 Å². The number of halogens is 1. The number of aromatic nitrogens is 4. The van der Waals surface area contributed by atoms with Gasteiger partial charge in [-0.15, -0.1) is 0 Å². The fourth-order valence-corrected chi connectivity index (χ4v) is 2.18. The monoisotopic (exact) mass is 284 g/mol. The Morgan fingerprint density at radius 3 is 2.45 bits per heavy atom. The van der Waals surface area contributed by atoms with Gasteiger partial charge in [-0.2, -0.15) is 5.10 Å². The van der Waals surface area contributed by atoms with Gasteiger partial charge in [-0.3, -0.25) is 0 Å². The SMILES string of the molecule is Cc1cc(-n2cc(-c3ccc(Cl)cc3)cn2)nc(C)n1. The van der Waals surface area contributed by atoms with Crippen molar-refractivity contribution in [3.63, 3.8) is 0 Å². The van der Waals surface area contributed by atoms with Crippen molar-refractivity contribution >= 4 is 11.6 Å². The summed E-state index contributed by atoms with van der Waals surface area (Å²) in [5.74, 6) is 1.51. The van der Waals surface area contributed by atoms with E-state index in [0.29, 0.717) is 0 Å². The lowest BCUT2D eigenvalue weighted by Gasteiger charge is -2.02.